The van der Waals surface area contributed by atoms with E-state index in [1.54, 1.807) is 0 Å². The Hall–Kier alpha value is -0.670. The summed E-state index contributed by atoms with van der Waals surface area (Å²) in [7, 11) is 0. The maximum atomic E-state index is 6.04. The minimum Gasteiger partial charge on any atom is -0.398 e. The molecule has 3 rings (SSSR count). The van der Waals surface area contributed by atoms with E-state index < -0.39 is 0 Å². The van der Waals surface area contributed by atoms with E-state index >= 15 is 0 Å². The normalized spacial score (nSPS) is 28.5. The van der Waals surface area contributed by atoms with E-state index in [1.165, 1.54) is 36.3 Å². The third-order valence-corrected chi connectivity index (χ3v) is 5.47. The van der Waals surface area contributed by atoms with Crippen LogP contribution in [0.5, 0.6) is 0 Å². The van der Waals surface area contributed by atoms with Crippen LogP contribution in [0.25, 0.3) is 0 Å². The summed E-state index contributed by atoms with van der Waals surface area (Å²) >= 11 is 2.14. The lowest BCUT2D eigenvalue weighted by Crippen LogP contribution is -2.33. The first-order valence-electron chi connectivity index (χ1n) is 6.39. The summed E-state index contributed by atoms with van der Waals surface area (Å²) in [6, 6.07) is 6.31. The van der Waals surface area contributed by atoms with Gasteiger partial charge in [0.15, 0.2) is 0 Å². The van der Waals surface area contributed by atoms with Crippen molar-refractivity contribution in [3.8, 4) is 0 Å². The fraction of sp³-hybridized carbons (Fsp3) is 0.571. The van der Waals surface area contributed by atoms with E-state index in [1.807, 2.05) is 6.07 Å². The van der Waals surface area contributed by atoms with Gasteiger partial charge in [0.2, 0.25) is 0 Å². The SMILES string of the molecule is CC1(CN2Cc3cccc(N)c3C2)CCCS1. The Morgan fingerprint density at radius 3 is 3.00 bits per heavy atom. The monoisotopic (exact) mass is 248 g/mol. The summed E-state index contributed by atoms with van der Waals surface area (Å²) in [6.07, 6.45) is 2.74. The molecule has 0 aliphatic carbocycles. The molecule has 1 fully saturated rings. The molecule has 17 heavy (non-hydrogen) atoms. The summed E-state index contributed by atoms with van der Waals surface area (Å²) < 4.78 is 0.469. The number of hydrogen-bond acceptors (Lipinski definition) is 3. The van der Waals surface area contributed by atoms with Crippen molar-refractivity contribution in [2.75, 3.05) is 18.0 Å². The van der Waals surface area contributed by atoms with Crippen LogP contribution >= 0.6 is 11.8 Å². The average Bonchev–Trinajstić information content (AvgIpc) is 2.86. The second-order valence-corrected chi connectivity index (χ2v) is 7.21. The van der Waals surface area contributed by atoms with Gasteiger partial charge in [0, 0.05) is 30.1 Å². The number of hydrogen-bond donors (Lipinski definition) is 1. The fourth-order valence-corrected chi connectivity index (χ4v) is 4.41. The van der Waals surface area contributed by atoms with Gasteiger partial charge in [-0.2, -0.15) is 11.8 Å². The maximum Gasteiger partial charge on any atom is 0.0363 e. The van der Waals surface area contributed by atoms with Crippen LogP contribution in [0.1, 0.15) is 30.9 Å². The highest BCUT2D eigenvalue weighted by atomic mass is 32.2. The molecular formula is C14H20N2S. The van der Waals surface area contributed by atoms with Gasteiger partial charge in [-0.15, -0.1) is 0 Å². The molecule has 0 amide bonds. The first kappa shape index (κ1) is 11.4. The number of thioether (sulfide) groups is 1. The van der Waals surface area contributed by atoms with Gasteiger partial charge < -0.3 is 5.73 Å². The average molecular weight is 248 g/mol. The summed E-state index contributed by atoms with van der Waals surface area (Å²) in [4.78, 5) is 2.55. The first-order valence-corrected chi connectivity index (χ1v) is 7.37. The van der Waals surface area contributed by atoms with Crippen LogP contribution in [-0.2, 0) is 13.1 Å². The second-order valence-electron chi connectivity index (χ2n) is 5.53. The Morgan fingerprint density at radius 2 is 2.29 bits per heavy atom. The molecule has 0 radical (unpaired) electrons. The molecule has 2 N–H and O–H groups in total. The number of nitrogens with two attached hydrogens (primary N) is 1. The summed E-state index contributed by atoms with van der Waals surface area (Å²) in [5.41, 5.74) is 9.80. The highest BCUT2D eigenvalue weighted by molar-refractivity contribution is 8.00. The van der Waals surface area contributed by atoms with Crippen molar-refractivity contribution in [2.24, 2.45) is 0 Å². The van der Waals surface area contributed by atoms with E-state index in [-0.39, 0.29) is 0 Å². The third-order valence-electron chi connectivity index (χ3n) is 3.94. The van der Waals surface area contributed by atoms with Gasteiger partial charge >= 0.3 is 0 Å². The van der Waals surface area contributed by atoms with Crippen LogP contribution in [0, 0.1) is 0 Å². The Kier molecular flexibility index (Phi) is 2.83. The number of nitrogen functional groups attached to an aromatic ring is 1. The number of rotatable bonds is 2. The Morgan fingerprint density at radius 1 is 1.41 bits per heavy atom. The quantitative estimate of drug-likeness (QED) is 0.816. The number of fused-ring (bicyclic) bond motifs is 1. The van der Waals surface area contributed by atoms with Crippen molar-refractivity contribution >= 4 is 17.4 Å². The molecule has 2 heterocycles. The van der Waals surface area contributed by atoms with Gasteiger partial charge in [-0.3, -0.25) is 4.90 Å². The van der Waals surface area contributed by atoms with E-state index in [2.05, 4.69) is 35.7 Å². The third kappa shape index (κ3) is 2.18. The molecule has 2 aliphatic heterocycles. The molecule has 1 atom stereocenters. The van der Waals surface area contributed by atoms with Gasteiger partial charge in [0.1, 0.15) is 0 Å². The Bertz CT molecular complexity index is 424. The van der Waals surface area contributed by atoms with Crippen LogP contribution in [-0.4, -0.2) is 21.9 Å². The molecule has 92 valence electrons. The van der Waals surface area contributed by atoms with Crippen molar-refractivity contribution in [3.63, 3.8) is 0 Å². The smallest absolute Gasteiger partial charge is 0.0363 e. The number of anilines is 1. The molecule has 0 saturated carbocycles. The molecule has 3 heteroatoms. The summed E-state index contributed by atoms with van der Waals surface area (Å²) in [5, 5.41) is 0. The second kappa shape index (κ2) is 4.21. The minimum absolute atomic E-state index is 0.469. The van der Waals surface area contributed by atoms with Crippen LogP contribution in [0.15, 0.2) is 18.2 Å². The molecule has 0 bridgehead atoms. The fourth-order valence-electron chi connectivity index (χ4n) is 3.06. The van der Waals surface area contributed by atoms with Crippen LogP contribution < -0.4 is 5.73 Å². The zero-order valence-electron chi connectivity index (χ0n) is 10.4. The molecule has 0 aromatic heterocycles. The van der Waals surface area contributed by atoms with Gasteiger partial charge in [-0.25, -0.2) is 0 Å². The molecular weight excluding hydrogens is 228 g/mol. The zero-order chi connectivity index (χ0) is 11.9. The summed E-state index contributed by atoms with van der Waals surface area (Å²) in [5.74, 6) is 1.33. The van der Waals surface area contributed by atoms with Crippen molar-refractivity contribution in [2.45, 2.75) is 37.6 Å². The van der Waals surface area contributed by atoms with Crippen LogP contribution in [0.3, 0.4) is 0 Å². The first-order chi connectivity index (χ1) is 8.16. The van der Waals surface area contributed by atoms with Gasteiger partial charge in [-0.05, 0) is 42.7 Å². The van der Waals surface area contributed by atoms with E-state index in [9.17, 15) is 0 Å². The Labute approximate surface area is 108 Å². The lowest BCUT2D eigenvalue weighted by molar-refractivity contribution is 0.255. The van der Waals surface area contributed by atoms with Crippen molar-refractivity contribution in [1.82, 2.24) is 4.90 Å². The molecule has 1 unspecified atom stereocenters. The lowest BCUT2D eigenvalue weighted by atomic mass is 10.1. The highest BCUT2D eigenvalue weighted by Crippen LogP contribution is 2.40. The molecule has 2 nitrogen and oxygen atoms in total. The largest absolute Gasteiger partial charge is 0.398 e. The van der Waals surface area contributed by atoms with Gasteiger partial charge in [0.25, 0.3) is 0 Å². The van der Waals surface area contributed by atoms with Crippen molar-refractivity contribution in [3.05, 3.63) is 29.3 Å². The molecule has 1 aromatic rings. The van der Waals surface area contributed by atoms with E-state index in [0.717, 1.165) is 18.8 Å². The minimum atomic E-state index is 0.469. The van der Waals surface area contributed by atoms with Gasteiger partial charge in [-0.1, -0.05) is 12.1 Å². The standard InChI is InChI=1S/C14H20N2S/c1-14(6-3-7-17-14)10-16-8-11-4-2-5-13(15)12(11)9-16/h2,4-5H,3,6-10,15H2,1H3. The van der Waals surface area contributed by atoms with Crippen LogP contribution in [0.4, 0.5) is 5.69 Å². The van der Waals surface area contributed by atoms with Crippen LogP contribution in [0.2, 0.25) is 0 Å². The molecule has 1 aromatic carbocycles. The Balaban J connectivity index is 1.72. The predicted octanol–water partition coefficient (Wildman–Crippen LogP) is 2.87. The number of benzene rings is 1. The molecule has 0 spiro atoms. The predicted molar refractivity (Wildman–Crippen MR) is 75.1 cm³/mol. The van der Waals surface area contributed by atoms with Crippen molar-refractivity contribution < 1.29 is 0 Å². The molecule has 1 saturated heterocycles. The highest BCUT2D eigenvalue weighted by Gasteiger charge is 2.33. The topological polar surface area (TPSA) is 29.3 Å². The van der Waals surface area contributed by atoms with Gasteiger partial charge in [0.05, 0.1) is 0 Å². The summed E-state index contributed by atoms with van der Waals surface area (Å²) in [6.45, 7) is 5.73. The maximum absolute atomic E-state index is 6.04. The number of nitrogens with zero attached hydrogens (tertiary/aromatic N) is 1. The van der Waals surface area contributed by atoms with E-state index in [4.69, 9.17) is 5.73 Å². The van der Waals surface area contributed by atoms with Crippen molar-refractivity contribution in [1.29, 1.82) is 0 Å². The zero-order valence-corrected chi connectivity index (χ0v) is 11.2. The lowest BCUT2D eigenvalue weighted by Gasteiger charge is -2.28. The van der Waals surface area contributed by atoms with E-state index in [0.29, 0.717) is 4.75 Å². The molecule has 2 aliphatic rings.